The van der Waals surface area contributed by atoms with E-state index in [9.17, 15) is 0 Å². The van der Waals surface area contributed by atoms with Crippen LogP contribution in [0, 0.1) is 5.41 Å². The first kappa shape index (κ1) is 7.41. The molecule has 0 heterocycles. The maximum Gasteiger partial charge on any atom is 0.119 e. The quantitative estimate of drug-likeness (QED) is 0.618. The van der Waals surface area contributed by atoms with Crippen LogP contribution in [0.5, 0.6) is 5.75 Å². The van der Waals surface area contributed by atoms with E-state index in [1.807, 2.05) is 30.3 Å². The highest BCUT2D eigenvalue weighted by atomic mass is 16.5. The Morgan fingerprint density at radius 3 is 2.42 bits per heavy atom. The standard InChI is InChI=1S/C11H12O/c1-11(7-8-11)9-12-10-5-3-2-4-6-10/h2-8H,9H2,1H3. The third-order valence-corrected chi connectivity index (χ3v) is 2.03. The Labute approximate surface area is 72.7 Å². The summed E-state index contributed by atoms with van der Waals surface area (Å²) in [6.45, 7) is 2.92. The number of ether oxygens (including phenoxy) is 1. The lowest BCUT2D eigenvalue weighted by molar-refractivity contribution is 0.263. The normalized spacial score (nSPS) is 17.4. The van der Waals surface area contributed by atoms with Crippen LogP contribution in [0.3, 0.4) is 0 Å². The molecule has 0 bridgehead atoms. The summed E-state index contributed by atoms with van der Waals surface area (Å²) >= 11 is 0. The Morgan fingerprint density at radius 1 is 1.17 bits per heavy atom. The van der Waals surface area contributed by atoms with Crippen LogP contribution in [0.4, 0.5) is 0 Å². The average Bonchev–Trinajstić information content (AvgIpc) is 2.84. The fourth-order valence-electron chi connectivity index (χ4n) is 0.994. The lowest BCUT2D eigenvalue weighted by Crippen LogP contribution is -2.09. The molecular weight excluding hydrogens is 148 g/mol. The molecular formula is C11H12O. The minimum Gasteiger partial charge on any atom is -0.492 e. The van der Waals surface area contributed by atoms with E-state index in [2.05, 4.69) is 19.1 Å². The van der Waals surface area contributed by atoms with Gasteiger partial charge in [0.1, 0.15) is 12.4 Å². The van der Waals surface area contributed by atoms with E-state index in [0.717, 1.165) is 12.4 Å². The lowest BCUT2D eigenvalue weighted by Gasteiger charge is -2.10. The van der Waals surface area contributed by atoms with Crippen LogP contribution in [0.1, 0.15) is 6.92 Å². The van der Waals surface area contributed by atoms with Gasteiger partial charge in [-0.3, -0.25) is 0 Å². The topological polar surface area (TPSA) is 9.23 Å². The molecule has 1 aromatic rings. The summed E-state index contributed by atoms with van der Waals surface area (Å²) in [7, 11) is 0. The second-order valence-electron chi connectivity index (χ2n) is 3.44. The molecule has 1 nitrogen and oxygen atoms in total. The number of benzene rings is 1. The second-order valence-corrected chi connectivity index (χ2v) is 3.44. The van der Waals surface area contributed by atoms with Gasteiger partial charge in [-0.25, -0.2) is 0 Å². The van der Waals surface area contributed by atoms with E-state index < -0.39 is 0 Å². The zero-order valence-corrected chi connectivity index (χ0v) is 7.16. The molecule has 1 aliphatic rings. The van der Waals surface area contributed by atoms with Crippen molar-refractivity contribution in [1.82, 2.24) is 0 Å². The summed E-state index contributed by atoms with van der Waals surface area (Å²) in [6, 6.07) is 9.91. The number of para-hydroxylation sites is 1. The maximum atomic E-state index is 5.57. The van der Waals surface area contributed by atoms with Gasteiger partial charge in [0.05, 0.1) is 0 Å². The van der Waals surface area contributed by atoms with E-state index >= 15 is 0 Å². The Kier molecular flexibility index (Phi) is 1.65. The average molecular weight is 160 g/mol. The Bertz CT molecular complexity index is 281. The molecule has 0 spiro atoms. The zero-order valence-electron chi connectivity index (χ0n) is 7.16. The van der Waals surface area contributed by atoms with Crippen LogP contribution in [0.25, 0.3) is 0 Å². The van der Waals surface area contributed by atoms with E-state index in [0.29, 0.717) is 0 Å². The van der Waals surface area contributed by atoms with Gasteiger partial charge >= 0.3 is 0 Å². The molecule has 1 aliphatic carbocycles. The summed E-state index contributed by atoms with van der Waals surface area (Å²) in [4.78, 5) is 0. The van der Waals surface area contributed by atoms with Gasteiger partial charge < -0.3 is 4.74 Å². The minimum absolute atomic E-state index is 0.232. The molecule has 0 saturated carbocycles. The van der Waals surface area contributed by atoms with Crippen molar-refractivity contribution in [2.45, 2.75) is 6.92 Å². The minimum atomic E-state index is 0.232. The monoisotopic (exact) mass is 160 g/mol. The van der Waals surface area contributed by atoms with Gasteiger partial charge in [-0.2, -0.15) is 0 Å². The van der Waals surface area contributed by atoms with Crippen molar-refractivity contribution >= 4 is 0 Å². The SMILES string of the molecule is CC1(COc2ccccc2)C=C1. The highest BCUT2D eigenvalue weighted by molar-refractivity contribution is 5.26. The summed E-state index contributed by atoms with van der Waals surface area (Å²) in [5, 5.41) is 0. The van der Waals surface area contributed by atoms with Crippen molar-refractivity contribution < 1.29 is 4.74 Å². The number of rotatable bonds is 3. The Morgan fingerprint density at radius 2 is 1.83 bits per heavy atom. The smallest absolute Gasteiger partial charge is 0.119 e. The van der Waals surface area contributed by atoms with Gasteiger partial charge in [0.2, 0.25) is 0 Å². The third kappa shape index (κ3) is 1.67. The summed E-state index contributed by atoms with van der Waals surface area (Å²) in [5.74, 6) is 0.951. The van der Waals surface area contributed by atoms with E-state index in [1.54, 1.807) is 0 Å². The van der Waals surface area contributed by atoms with Gasteiger partial charge in [0.15, 0.2) is 0 Å². The lowest BCUT2D eigenvalue weighted by atomic mass is 10.1. The van der Waals surface area contributed by atoms with Crippen LogP contribution in [-0.2, 0) is 0 Å². The molecule has 2 rings (SSSR count). The van der Waals surface area contributed by atoms with Crippen LogP contribution < -0.4 is 4.74 Å². The molecule has 0 unspecified atom stereocenters. The maximum absolute atomic E-state index is 5.57. The van der Waals surface area contributed by atoms with Crippen molar-refractivity contribution in [2.75, 3.05) is 6.61 Å². The van der Waals surface area contributed by atoms with Crippen LogP contribution in [0.15, 0.2) is 42.5 Å². The number of hydrogen-bond donors (Lipinski definition) is 0. The van der Waals surface area contributed by atoms with E-state index in [1.165, 1.54) is 0 Å². The molecule has 1 aromatic carbocycles. The van der Waals surface area contributed by atoms with E-state index in [-0.39, 0.29) is 5.41 Å². The second kappa shape index (κ2) is 2.67. The first-order chi connectivity index (χ1) is 5.79. The molecule has 1 heteroatoms. The Balaban J connectivity index is 1.88. The van der Waals surface area contributed by atoms with Gasteiger partial charge in [-0.1, -0.05) is 30.4 Å². The fraction of sp³-hybridized carbons (Fsp3) is 0.273. The van der Waals surface area contributed by atoms with Crippen molar-refractivity contribution in [3.63, 3.8) is 0 Å². The molecule has 62 valence electrons. The van der Waals surface area contributed by atoms with Gasteiger partial charge in [0.25, 0.3) is 0 Å². The van der Waals surface area contributed by atoms with Crippen molar-refractivity contribution in [1.29, 1.82) is 0 Å². The molecule has 0 saturated heterocycles. The van der Waals surface area contributed by atoms with Crippen molar-refractivity contribution in [2.24, 2.45) is 5.41 Å². The third-order valence-electron chi connectivity index (χ3n) is 2.03. The Hall–Kier alpha value is -1.24. The summed E-state index contributed by atoms with van der Waals surface area (Å²) in [6.07, 6.45) is 4.33. The highest BCUT2D eigenvalue weighted by Crippen LogP contribution is 2.33. The van der Waals surface area contributed by atoms with Crippen LogP contribution in [0.2, 0.25) is 0 Å². The van der Waals surface area contributed by atoms with Crippen molar-refractivity contribution in [3.05, 3.63) is 42.5 Å². The first-order valence-electron chi connectivity index (χ1n) is 4.17. The van der Waals surface area contributed by atoms with Crippen molar-refractivity contribution in [3.8, 4) is 5.75 Å². The molecule has 0 aliphatic heterocycles. The molecule has 12 heavy (non-hydrogen) atoms. The molecule has 0 aromatic heterocycles. The molecule has 0 N–H and O–H groups in total. The zero-order chi connectivity index (χ0) is 8.44. The van der Waals surface area contributed by atoms with Crippen LogP contribution in [-0.4, -0.2) is 6.61 Å². The molecule has 0 atom stereocenters. The van der Waals surface area contributed by atoms with E-state index in [4.69, 9.17) is 4.74 Å². The predicted octanol–water partition coefficient (Wildman–Crippen LogP) is 2.64. The molecule has 0 radical (unpaired) electrons. The van der Waals surface area contributed by atoms with Crippen LogP contribution >= 0.6 is 0 Å². The van der Waals surface area contributed by atoms with Gasteiger partial charge in [-0.05, 0) is 19.1 Å². The predicted molar refractivity (Wildman–Crippen MR) is 49.2 cm³/mol. The highest BCUT2D eigenvalue weighted by Gasteiger charge is 2.28. The molecule has 0 amide bonds. The fourth-order valence-corrected chi connectivity index (χ4v) is 0.994. The first-order valence-corrected chi connectivity index (χ1v) is 4.17. The van der Waals surface area contributed by atoms with Gasteiger partial charge in [0, 0.05) is 5.41 Å². The summed E-state index contributed by atoms with van der Waals surface area (Å²) < 4.78 is 5.57. The largest absolute Gasteiger partial charge is 0.492 e. The van der Waals surface area contributed by atoms with Gasteiger partial charge in [-0.15, -0.1) is 0 Å². The number of hydrogen-bond acceptors (Lipinski definition) is 1. The molecule has 0 fully saturated rings. The summed E-state index contributed by atoms with van der Waals surface area (Å²) in [5.41, 5.74) is 0.232.